The molecule has 3 fully saturated rings. The summed E-state index contributed by atoms with van der Waals surface area (Å²) in [5, 5.41) is 6.11. The molecule has 152 valence electrons. The molecule has 2 bridgehead atoms. The van der Waals surface area contributed by atoms with Gasteiger partial charge in [-0.15, -0.1) is 11.8 Å². The topological polar surface area (TPSA) is 67.4 Å². The molecule has 8 heteroatoms. The second-order valence-corrected chi connectivity index (χ2v) is 8.91. The fraction of sp³-hybridized carbons (Fsp3) is 0.333. The molecule has 3 aliphatic rings. The first-order valence-corrected chi connectivity index (χ1v) is 10.8. The SMILES string of the molecule is CSc1ccccc1C(=O)NC12CC(NC(=O)COc3ccc(Cl)c(F)c3)(C1)C2. The van der Waals surface area contributed by atoms with Gasteiger partial charge in [0.1, 0.15) is 11.6 Å². The Labute approximate surface area is 177 Å². The molecule has 2 aromatic rings. The molecular weight excluding hydrogens is 415 g/mol. The smallest absolute Gasteiger partial charge is 0.258 e. The van der Waals surface area contributed by atoms with Crippen LogP contribution >= 0.6 is 23.4 Å². The van der Waals surface area contributed by atoms with E-state index in [-0.39, 0.29) is 40.3 Å². The average Bonchev–Trinajstić information content (AvgIpc) is 2.66. The maximum atomic E-state index is 13.4. The highest BCUT2D eigenvalue weighted by atomic mass is 35.5. The fourth-order valence-corrected chi connectivity index (χ4v) is 4.95. The van der Waals surface area contributed by atoms with Gasteiger partial charge in [-0.2, -0.15) is 0 Å². The molecular formula is C21H20ClFN2O3S. The Bertz CT molecular complexity index is 964. The van der Waals surface area contributed by atoms with E-state index >= 15 is 0 Å². The molecule has 5 nitrogen and oxygen atoms in total. The summed E-state index contributed by atoms with van der Waals surface area (Å²) in [6, 6.07) is 11.5. The molecule has 0 heterocycles. The summed E-state index contributed by atoms with van der Waals surface area (Å²) in [6.07, 6.45) is 4.05. The number of carbonyl (C=O) groups excluding carboxylic acids is 2. The summed E-state index contributed by atoms with van der Waals surface area (Å²) in [4.78, 5) is 25.7. The van der Waals surface area contributed by atoms with E-state index < -0.39 is 5.82 Å². The lowest BCUT2D eigenvalue weighted by atomic mass is 9.44. The van der Waals surface area contributed by atoms with Gasteiger partial charge < -0.3 is 15.4 Å². The number of amides is 2. The van der Waals surface area contributed by atoms with Crippen LogP contribution in [-0.2, 0) is 4.79 Å². The van der Waals surface area contributed by atoms with E-state index in [1.165, 1.54) is 23.9 Å². The number of halogens is 2. The largest absolute Gasteiger partial charge is 0.484 e. The molecule has 3 aliphatic carbocycles. The number of hydrogen-bond donors (Lipinski definition) is 2. The van der Waals surface area contributed by atoms with Gasteiger partial charge in [-0.25, -0.2) is 4.39 Å². The Hall–Kier alpha value is -2.25. The molecule has 0 atom stereocenters. The second-order valence-electron chi connectivity index (χ2n) is 7.66. The highest BCUT2D eigenvalue weighted by molar-refractivity contribution is 7.98. The van der Waals surface area contributed by atoms with Gasteiger partial charge in [0.05, 0.1) is 10.6 Å². The number of ether oxygens (including phenoxy) is 1. The predicted octanol–water partition coefficient (Wildman–Crippen LogP) is 3.80. The van der Waals surface area contributed by atoms with E-state index in [1.807, 2.05) is 30.5 Å². The van der Waals surface area contributed by atoms with Crippen LogP contribution in [0.4, 0.5) is 4.39 Å². The lowest BCUT2D eigenvalue weighted by Gasteiger charge is -2.70. The number of thioether (sulfide) groups is 1. The zero-order chi connectivity index (χ0) is 20.6. The third-order valence-electron chi connectivity index (χ3n) is 5.43. The maximum Gasteiger partial charge on any atom is 0.258 e. The standard InChI is InChI=1S/C21H20ClFN2O3S/c1-29-17-5-3-2-4-14(17)19(27)25-21-10-20(11-21,12-21)24-18(26)9-28-13-6-7-15(22)16(23)8-13/h2-8H,9-12H2,1H3,(H,24,26)(H,25,27). The molecule has 2 N–H and O–H groups in total. The zero-order valence-corrected chi connectivity index (χ0v) is 17.3. The molecule has 2 aromatic carbocycles. The number of rotatable bonds is 7. The third kappa shape index (κ3) is 3.94. The van der Waals surface area contributed by atoms with Crippen molar-refractivity contribution in [2.45, 2.75) is 35.2 Å². The monoisotopic (exact) mass is 434 g/mol. The Balaban J connectivity index is 1.26. The molecule has 5 rings (SSSR count). The molecule has 0 unspecified atom stereocenters. The van der Waals surface area contributed by atoms with Crippen LogP contribution < -0.4 is 15.4 Å². The zero-order valence-electron chi connectivity index (χ0n) is 15.8. The molecule has 2 amide bonds. The highest BCUT2D eigenvalue weighted by Gasteiger charge is 2.69. The lowest BCUT2D eigenvalue weighted by molar-refractivity contribution is -0.141. The van der Waals surface area contributed by atoms with Crippen molar-refractivity contribution in [1.29, 1.82) is 0 Å². The highest BCUT2D eigenvalue weighted by Crippen LogP contribution is 2.60. The maximum absolute atomic E-state index is 13.4. The van der Waals surface area contributed by atoms with Crippen molar-refractivity contribution >= 4 is 35.2 Å². The van der Waals surface area contributed by atoms with Crippen LogP contribution in [0, 0.1) is 5.82 Å². The lowest BCUT2D eigenvalue weighted by Crippen LogP contribution is -2.84. The van der Waals surface area contributed by atoms with Crippen molar-refractivity contribution in [1.82, 2.24) is 10.6 Å². The molecule has 0 radical (unpaired) electrons. The first-order valence-electron chi connectivity index (χ1n) is 9.18. The van der Waals surface area contributed by atoms with Gasteiger partial charge in [0.2, 0.25) is 0 Å². The Morgan fingerprint density at radius 1 is 1.14 bits per heavy atom. The van der Waals surface area contributed by atoms with Gasteiger partial charge in [0, 0.05) is 22.0 Å². The molecule has 0 aromatic heterocycles. The summed E-state index contributed by atoms with van der Waals surface area (Å²) in [5.41, 5.74) is 0.153. The van der Waals surface area contributed by atoms with E-state index in [9.17, 15) is 14.0 Å². The van der Waals surface area contributed by atoms with Crippen LogP contribution in [0.3, 0.4) is 0 Å². The number of carbonyl (C=O) groups is 2. The summed E-state index contributed by atoms with van der Waals surface area (Å²) in [5.74, 6) is -0.698. The first-order chi connectivity index (χ1) is 13.8. The third-order valence-corrected chi connectivity index (χ3v) is 6.53. The molecule has 0 spiro atoms. The first kappa shape index (κ1) is 20.0. The van der Waals surface area contributed by atoms with Crippen molar-refractivity contribution in [2.75, 3.05) is 12.9 Å². The van der Waals surface area contributed by atoms with E-state index in [1.54, 1.807) is 0 Å². The summed E-state index contributed by atoms with van der Waals surface area (Å²) in [7, 11) is 0. The Kier molecular flexibility index (Phi) is 5.21. The minimum absolute atomic E-state index is 0.00293. The van der Waals surface area contributed by atoms with Crippen LogP contribution in [0.15, 0.2) is 47.4 Å². The van der Waals surface area contributed by atoms with Crippen LogP contribution in [-0.4, -0.2) is 35.8 Å². The van der Waals surface area contributed by atoms with Crippen molar-refractivity contribution < 1.29 is 18.7 Å². The Morgan fingerprint density at radius 2 is 1.83 bits per heavy atom. The van der Waals surface area contributed by atoms with Gasteiger partial charge in [0.15, 0.2) is 6.61 Å². The van der Waals surface area contributed by atoms with Crippen LogP contribution in [0.2, 0.25) is 5.02 Å². The average molecular weight is 435 g/mol. The molecule has 0 aliphatic heterocycles. The summed E-state index contributed by atoms with van der Waals surface area (Å²) < 4.78 is 18.7. The predicted molar refractivity (Wildman–Crippen MR) is 110 cm³/mol. The van der Waals surface area contributed by atoms with Crippen LogP contribution in [0.5, 0.6) is 5.75 Å². The van der Waals surface area contributed by atoms with E-state index in [2.05, 4.69) is 10.6 Å². The van der Waals surface area contributed by atoms with Crippen molar-refractivity contribution in [3.63, 3.8) is 0 Å². The van der Waals surface area contributed by atoms with Crippen molar-refractivity contribution in [2.24, 2.45) is 0 Å². The normalized spacial score (nSPS) is 24.1. The number of benzene rings is 2. The minimum atomic E-state index is -0.593. The molecule has 0 saturated heterocycles. The molecule has 29 heavy (non-hydrogen) atoms. The summed E-state index contributed by atoms with van der Waals surface area (Å²) in [6.45, 7) is -0.205. The van der Waals surface area contributed by atoms with Gasteiger partial charge >= 0.3 is 0 Å². The Morgan fingerprint density at radius 3 is 2.52 bits per heavy atom. The number of nitrogens with one attached hydrogen (secondary N) is 2. The second kappa shape index (κ2) is 7.54. The van der Waals surface area contributed by atoms with Crippen molar-refractivity contribution in [3.8, 4) is 5.75 Å². The summed E-state index contributed by atoms with van der Waals surface area (Å²) >= 11 is 7.16. The van der Waals surface area contributed by atoms with Crippen molar-refractivity contribution in [3.05, 3.63) is 58.9 Å². The van der Waals surface area contributed by atoms with E-state index in [0.717, 1.165) is 11.0 Å². The van der Waals surface area contributed by atoms with Gasteiger partial charge in [0.25, 0.3) is 11.8 Å². The molecule has 3 saturated carbocycles. The van der Waals surface area contributed by atoms with Crippen LogP contribution in [0.25, 0.3) is 0 Å². The minimum Gasteiger partial charge on any atom is -0.484 e. The number of hydrogen-bond acceptors (Lipinski definition) is 4. The van der Waals surface area contributed by atoms with E-state index in [4.69, 9.17) is 16.3 Å². The van der Waals surface area contributed by atoms with E-state index in [0.29, 0.717) is 24.8 Å². The van der Waals surface area contributed by atoms with Gasteiger partial charge in [-0.05, 0) is 49.8 Å². The van der Waals surface area contributed by atoms with Crippen LogP contribution in [0.1, 0.15) is 29.6 Å². The quantitative estimate of drug-likeness (QED) is 0.650. The fourth-order valence-electron chi connectivity index (χ4n) is 4.24. The van der Waals surface area contributed by atoms with Gasteiger partial charge in [-0.1, -0.05) is 23.7 Å². The van der Waals surface area contributed by atoms with Gasteiger partial charge in [-0.3, -0.25) is 9.59 Å².